The first-order chi connectivity index (χ1) is 21.5. The van der Waals surface area contributed by atoms with E-state index in [1.807, 2.05) is 12.1 Å². The maximum atomic E-state index is 13.1. The average Bonchev–Trinajstić information content (AvgIpc) is 2.99. The molecule has 45 heavy (non-hydrogen) atoms. The van der Waals surface area contributed by atoms with E-state index in [2.05, 4.69) is 38.7 Å². The van der Waals surface area contributed by atoms with Gasteiger partial charge in [0.25, 0.3) is 5.91 Å². The molecule has 1 unspecified atom stereocenters. The third-order valence-electron chi connectivity index (χ3n) is 8.01. The maximum Gasteiger partial charge on any atom is 0.410 e. The van der Waals surface area contributed by atoms with Crippen molar-refractivity contribution in [2.24, 2.45) is 5.92 Å². The van der Waals surface area contributed by atoms with Crippen LogP contribution in [0.2, 0.25) is 0 Å². The van der Waals surface area contributed by atoms with Crippen molar-refractivity contribution in [2.45, 2.75) is 83.8 Å². The van der Waals surface area contributed by atoms with Gasteiger partial charge in [0.15, 0.2) is 12.4 Å². The number of carbonyl (C=O) groups excluding carboxylic acids is 3. The Morgan fingerprint density at radius 3 is 2.64 bits per heavy atom. The van der Waals surface area contributed by atoms with Crippen LogP contribution in [0.25, 0.3) is 0 Å². The highest BCUT2D eigenvalue weighted by Crippen LogP contribution is 2.39. The zero-order valence-corrected chi connectivity index (χ0v) is 28.1. The Morgan fingerprint density at radius 1 is 1.13 bits per heavy atom. The van der Waals surface area contributed by atoms with Gasteiger partial charge < -0.3 is 34.9 Å². The van der Waals surface area contributed by atoms with Gasteiger partial charge in [-0.3, -0.25) is 9.59 Å². The summed E-state index contributed by atoms with van der Waals surface area (Å²) in [5.41, 5.74) is 1.45. The van der Waals surface area contributed by atoms with Crippen molar-refractivity contribution in [3.63, 3.8) is 0 Å². The zero-order valence-electron chi connectivity index (χ0n) is 26.5. The number of aromatic hydroxyl groups is 1. The van der Waals surface area contributed by atoms with E-state index in [0.717, 1.165) is 42.1 Å². The van der Waals surface area contributed by atoms with Crippen LogP contribution in [-0.2, 0) is 31.9 Å². The number of ether oxygens (including phenoxy) is 3. The molecule has 4 rings (SSSR count). The topological polar surface area (TPSA) is 126 Å². The molecule has 3 amide bonds. The van der Waals surface area contributed by atoms with E-state index in [-0.39, 0.29) is 62.0 Å². The summed E-state index contributed by atoms with van der Waals surface area (Å²) in [6, 6.07) is 11.4. The SMILES string of the molecule is CC(C)(C)OC(=O)N(CCNC(=O)CC(OCCc1cccc(Br)c1)C1CCCCC1)CCc1ccc(O)c2c1OCC(=O)N2. The normalized spacial score (nSPS) is 15.8. The number of halogens is 1. The van der Waals surface area contributed by atoms with E-state index in [1.165, 1.54) is 18.1 Å². The number of fused-ring (bicyclic) bond motifs is 1. The summed E-state index contributed by atoms with van der Waals surface area (Å²) >= 11 is 3.52. The highest BCUT2D eigenvalue weighted by atomic mass is 79.9. The fourth-order valence-corrected chi connectivity index (χ4v) is 6.21. The molecule has 0 bridgehead atoms. The van der Waals surface area contributed by atoms with Crippen LogP contribution >= 0.6 is 15.9 Å². The molecule has 3 N–H and O–H groups in total. The number of benzene rings is 2. The van der Waals surface area contributed by atoms with Crippen LogP contribution in [0.1, 0.15) is 70.4 Å². The van der Waals surface area contributed by atoms with Crippen molar-refractivity contribution in [3.05, 3.63) is 52.0 Å². The zero-order chi connectivity index (χ0) is 32.4. The van der Waals surface area contributed by atoms with Gasteiger partial charge in [0, 0.05) is 24.1 Å². The van der Waals surface area contributed by atoms with Crippen molar-refractivity contribution in [3.8, 4) is 11.5 Å². The second-order valence-corrected chi connectivity index (χ2v) is 13.7. The number of phenolic OH excluding ortho intramolecular Hbond substituents is 1. The van der Waals surface area contributed by atoms with E-state index >= 15 is 0 Å². The Kier molecular flexibility index (Phi) is 12.5. The molecular weight excluding hydrogens is 642 g/mol. The Labute approximate surface area is 274 Å². The summed E-state index contributed by atoms with van der Waals surface area (Å²) in [6.45, 7) is 6.60. The molecule has 0 saturated heterocycles. The molecule has 1 aliphatic carbocycles. The lowest BCUT2D eigenvalue weighted by Crippen LogP contribution is -2.43. The Morgan fingerprint density at radius 2 is 1.91 bits per heavy atom. The number of phenols is 1. The summed E-state index contributed by atoms with van der Waals surface area (Å²) in [6.07, 6.45) is 6.47. The maximum absolute atomic E-state index is 13.1. The standard InChI is InChI=1S/C34H46BrN3O7/c1-34(2,3)45-33(42)38(17-14-25-12-13-27(39)31-32(25)44-22-30(41)37-31)18-16-36-29(40)21-28(24-9-5-4-6-10-24)43-19-15-23-8-7-11-26(35)20-23/h7-8,11-13,20,24,28,39H,4-6,9-10,14-19,21-22H2,1-3H3,(H,36,40)(H,37,41). The van der Waals surface area contributed by atoms with Gasteiger partial charge in [0.05, 0.1) is 19.1 Å². The average molecular weight is 689 g/mol. The highest BCUT2D eigenvalue weighted by Gasteiger charge is 2.28. The molecule has 0 radical (unpaired) electrons. The molecule has 2 aromatic rings. The molecule has 0 spiro atoms. The molecule has 2 aliphatic rings. The number of hydrogen-bond acceptors (Lipinski definition) is 7. The first kappa shape index (κ1) is 34.6. The minimum Gasteiger partial charge on any atom is -0.506 e. The molecule has 246 valence electrons. The molecule has 11 heteroatoms. The van der Waals surface area contributed by atoms with E-state index in [0.29, 0.717) is 24.7 Å². The molecule has 0 aromatic heterocycles. The third-order valence-corrected chi connectivity index (χ3v) is 8.50. The molecule has 1 heterocycles. The number of hydrogen-bond donors (Lipinski definition) is 3. The number of rotatable bonds is 13. The van der Waals surface area contributed by atoms with Crippen LogP contribution < -0.4 is 15.4 Å². The van der Waals surface area contributed by atoms with Crippen LogP contribution in [0.3, 0.4) is 0 Å². The van der Waals surface area contributed by atoms with E-state index in [4.69, 9.17) is 14.2 Å². The summed E-state index contributed by atoms with van der Waals surface area (Å²) < 4.78 is 18.6. The summed E-state index contributed by atoms with van der Waals surface area (Å²) in [5.74, 6) is 0.210. The van der Waals surface area contributed by atoms with Gasteiger partial charge >= 0.3 is 6.09 Å². The van der Waals surface area contributed by atoms with Crippen molar-refractivity contribution in [1.29, 1.82) is 0 Å². The number of nitrogens with zero attached hydrogens (tertiary/aromatic N) is 1. The van der Waals surface area contributed by atoms with Gasteiger partial charge in [0.1, 0.15) is 17.0 Å². The monoisotopic (exact) mass is 687 g/mol. The van der Waals surface area contributed by atoms with Gasteiger partial charge in [0.2, 0.25) is 5.91 Å². The Bertz CT molecular complexity index is 1320. The molecule has 1 fully saturated rings. The number of carbonyl (C=O) groups is 3. The smallest absolute Gasteiger partial charge is 0.410 e. The number of nitrogens with one attached hydrogen (secondary N) is 2. The van der Waals surface area contributed by atoms with E-state index in [9.17, 15) is 19.5 Å². The van der Waals surface area contributed by atoms with Gasteiger partial charge in [-0.05, 0) is 81.7 Å². The lowest BCUT2D eigenvalue weighted by atomic mass is 9.84. The van der Waals surface area contributed by atoms with Crippen molar-refractivity contribution < 1.29 is 33.7 Å². The van der Waals surface area contributed by atoms with Crippen molar-refractivity contribution in [2.75, 3.05) is 38.2 Å². The van der Waals surface area contributed by atoms with Crippen molar-refractivity contribution in [1.82, 2.24) is 10.2 Å². The van der Waals surface area contributed by atoms with Gasteiger partial charge in [-0.25, -0.2) is 4.79 Å². The molecule has 2 aromatic carbocycles. The fourth-order valence-electron chi connectivity index (χ4n) is 5.76. The first-order valence-electron chi connectivity index (χ1n) is 15.9. The lowest BCUT2D eigenvalue weighted by molar-refractivity contribution is -0.125. The van der Waals surface area contributed by atoms with E-state index in [1.54, 1.807) is 31.7 Å². The molecule has 1 aliphatic heterocycles. The summed E-state index contributed by atoms with van der Waals surface area (Å²) in [7, 11) is 0. The van der Waals surface area contributed by atoms with Gasteiger partial charge in [-0.1, -0.05) is 53.4 Å². The third kappa shape index (κ3) is 10.9. The number of amides is 3. The molecule has 1 saturated carbocycles. The predicted molar refractivity (Wildman–Crippen MR) is 176 cm³/mol. The Hall–Kier alpha value is -3.31. The van der Waals surface area contributed by atoms with Crippen LogP contribution in [0.15, 0.2) is 40.9 Å². The second kappa shape index (κ2) is 16.3. The minimum atomic E-state index is -0.690. The highest BCUT2D eigenvalue weighted by molar-refractivity contribution is 9.10. The van der Waals surface area contributed by atoms with Gasteiger partial charge in [-0.15, -0.1) is 0 Å². The first-order valence-corrected chi connectivity index (χ1v) is 16.7. The van der Waals surface area contributed by atoms with Gasteiger partial charge in [-0.2, -0.15) is 0 Å². The molecular formula is C34H46BrN3O7. The minimum absolute atomic E-state index is 0.0860. The summed E-state index contributed by atoms with van der Waals surface area (Å²) in [4.78, 5) is 39.6. The second-order valence-electron chi connectivity index (χ2n) is 12.7. The summed E-state index contributed by atoms with van der Waals surface area (Å²) in [5, 5.41) is 15.8. The molecule has 1 atom stereocenters. The van der Waals surface area contributed by atoms with Crippen molar-refractivity contribution >= 4 is 39.5 Å². The largest absolute Gasteiger partial charge is 0.506 e. The fraction of sp³-hybridized carbons (Fsp3) is 0.559. The van der Waals surface area contributed by atoms with E-state index < -0.39 is 11.7 Å². The van der Waals surface area contributed by atoms with Crippen LogP contribution in [0, 0.1) is 5.92 Å². The number of anilines is 1. The van der Waals surface area contributed by atoms with Crippen LogP contribution in [-0.4, -0.2) is 72.5 Å². The lowest BCUT2D eigenvalue weighted by Gasteiger charge is -2.30. The quantitative estimate of drug-likeness (QED) is 0.221. The predicted octanol–water partition coefficient (Wildman–Crippen LogP) is 5.98. The Balaban J connectivity index is 1.34. The molecule has 10 nitrogen and oxygen atoms in total. The van der Waals surface area contributed by atoms with Crippen LogP contribution in [0.4, 0.5) is 10.5 Å². The van der Waals surface area contributed by atoms with Crippen LogP contribution in [0.5, 0.6) is 11.5 Å².